The lowest BCUT2D eigenvalue weighted by atomic mass is 10.1. The molecule has 0 aromatic heterocycles. The zero-order chi connectivity index (χ0) is 27.7. The van der Waals surface area contributed by atoms with Crippen molar-refractivity contribution in [3.63, 3.8) is 0 Å². The van der Waals surface area contributed by atoms with Crippen LogP contribution in [-0.4, -0.2) is 30.4 Å². The lowest BCUT2D eigenvalue weighted by Crippen LogP contribution is -2.41. The number of carbonyl (C=O) groups is 2. The highest BCUT2D eigenvalue weighted by Gasteiger charge is 2.21. The molecule has 0 aliphatic rings. The van der Waals surface area contributed by atoms with Crippen LogP contribution in [0.25, 0.3) is 0 Å². The molecule has 0 unspecified atom stereocenters. The normalized spacial score (nSPS) is 12.2. The molecule has 0 saturated heterocycles. The van der Waals surface area contributed by atoms with Gasteiger partial charge in [0.25, 0.3) is 0 Å². The maximum absolute atomic E-state index is 12.6. The molecule has 5 N–H and O–H groups in total. The van der Waals surface area contributed by atoms with E-state index in [-0.39, 0.29) is 18.5 Å². The van der Waals surface area contributed by atoms with E-state index in [2.05, 4.69) is 23.3 Å². The summed E-state index contributed by atoms with van der Waals surface area (Å²) in [6.07, 6.45) is 24.8. The van der Waals surface area contributed by atoms with Crippen molar-refractivity contribution in [1.82, 2.24) is 5.32 Å². The molecule has 38 heavy (non-hydrogen) atoms. The van der Waals surface area contributed by atoms with E-state index in [1.54, 1.807) is 12.2 Å². The molecular weight excluding hydrogens is 476 g/mol. The Morgan fingerprint density at radius 1 is 0.895 bits per heavy atom. The Labute approximate surface area is 229 Å². The second-order valence-electron chi connectivity index (χ2n) is 9.39. The summed E-state index contributed by atoms with van der Waals surface area (Å²) in [5.41, 5.74) is 11.6. The lowest BCUT2D eigenvalue weighted by molar-refractivity contribution is -0.149. The fraction of sp³-hybridized carbons (Fsp3) is 0.516. The van der Waals surface area contributed by atoms with Crippen molar-refractivity contribution in [2.75, 3.05) is 6.54 Å². The number of nitrogens with zero attached hydrogens (tertiary/aromatic N) is 1. The molecule has 1 atom stereocenters. The van der Waals surface area contributed by atoms with Gasteiger partial charge in [0.2, 0.25) is 5.91 Å². The number of hydrogen-bond donors (Lipinski definition) is 3. The number of carbonyl (C=O) groups excluding carboxylic acids is 2. The van der Waals surface area contributed by atoms with Crippen molar-refractivity contribution in [1.29, 1.82) is 0 Å². The van der Waals surface area contributed by atoms with Gasteiger partial charge in [-0.1, -0.05) is 119 Å². The van der Waals surface area contributed by atoms with E-state index in [9.17, 15) is 9.59 Å². The third-order valence-electron chi connectivity index (χ3n) is 5.96. The molecule has 0 aliphatic carbocycles. The van der Waals surface area contributed by atoms with Crippen molar-refractivity contribution >= 4 is 17.8 Å². The highest BCUT2D eigenvalue weighted by molar-refractivity contribution is 5.91. The first-order valence-corrected chi connectivity index (χ1v) is 14.1. The maximum atomic E-state index is 12.6. The van der Waals surface area contributed by atoms with E-state index in [1.807, 2.05) is 42.5 Å². The van der Waals surface area contributed by atoms with E-state index < -0.39 is 12.0 Å². The van der Waals surface area contributed by atoms with Gasteiger partial charge in [-0.05, 0) is 31.2 Å². The molecule has 1 aromatic carbocycles. The SMILES string of the molecule is CCCCCCCCCCCC=CC=CC=CC(=O)N[C@@H](CCCN=C(N)N)C(=O)OCc1ccccc1. The third kappa shape index (κ3) is 18.9. The highest BCUT2D eigenvalue weighted by atomic mass is 16.5. The first kappa shape index (κ1) is 32.7. The highest BCUT2D eigenvalue weighted by Crippen LogP contribution is 2.10. The number of benzene rings is 1. The molecule has 7 heteroatoms. The van der Waals surface area contributed by atoms with Gasteiger partial charge in [-0.25, -0.2) is 4.79 Å². The number of aliphatic imine (C=N–C) groups is 1. The number of amides is 1. The Hall–Kier alpha value is -3.35. The fourth-order valence-electron chi connectivity index (χ4n) is 3.82. The number of ether oxygens (including phenoxy) is 1. The molecule has 0 spiro atoms. The summed E-state index contributed by atoms with van der Waals surface area (Å²) in [5.74, 6) is -0.860. The minimum Gasteiger partial charge on any atom is -0.459 e. The molecule has 0 bridgehead atoms. The summed E-state index contributed by atoms with van der Waals surface area (Å²) in [5, 5.41) is 2.73. The number of nitrogens with two attached hydrogens (primary N) is 2. The van der Waals surface area contributed by atoms with Crippen molar-refractivity contribution in [3.8, 4) is 0 Å². The predicted molar refractivity (Wildman–Crippen MR) is 157 cm³/mol. The number of guanidine groups is 1. The first-order chi connectivity index (χ1) is 18.5. The number of nitrogens with one attached hydrogen (secondary N) is 1. The van der Waals surface area contributed by atoms with Gasteiger partial charge in [-0.3, -0.25) is 9.79 Å². The number of unbranched alkanes of at least 4 members (excludes halogenated alkanes) is 9. The van der Waals surface area contributed by atoms with Gasteiger partial charge in [-0.15, -0.1) is 0 Å². The van der Waals surface area contributed by atoms with Crippen LogP contribution in [0.15, 0.2) is 71.8 Å². The smallest absolute Gasteiger partial charge is 0.328 e. The van der Waals surface area contributed by atoms with Crippen LogP contribution in [0.2, 0.25) is 0 Å². The Balaban J connectivity index is 2.35. The minimum absolute atomic E-state index is 0.00539. The second kappa shape index (κ2) is 22.8. The van der Waals surface area contributed by atoms with Crippen LogP contribution in [0.5, 0.6) is 0 Å². The molecule has 0 saturated carbocycles. The summed E-state index contributed by atoms with van der Waals surface area (Å²) < 4.78 is 5.41. The summed E-state index contributed by atoms with van der Waals surface area (Å²) in [4.78, 5) is 28.9. The van der Waals surface area contributed by atoms with Gasteiger partial charge in [0.15, 0.2) is 5.96 Å². The first-order valence-electron chi connectivity index (χ1n) is 14.1. The van der Waals surface area contributed by atoms with Crippen molar-refractivity contribution < 1.29 is 14.3 Å². The van der Waals surface area contributed by atoms with Gasteiger partial charge in [0, 0.05) is 12.6 Å². The predicted octanol–water partition coefficient (Wildman–Crippen LogP) is 5.86. The van der Waals surface area contributed by atoms with Crippen molar-refractivity contribution in [2.24, 2.45) is 16.5 Å². The van der Waals surface area contributed by atoms with E-state index in [0.717, 1.165) is 12.0 Å². The molecule has 0 heterocycles. The molecule has 0 aliphatic heterocycles. The molecular formula is C31H48N4O3. The standard InChI is InChI=1S/C31H48N4O3/c1-2-3-4-5-6-7-8-9-10-11-12-13-14-15-19-24-29(36)35-28(23-20-25-34-31(32)33)30(37)38-26-27-21-17-16-18-22-27/h12-19,21-22,24,28H,2-11,20,23,25-26H2,1H3,(H,35,36)(H4,32,33,34)/t28-/m0/s1. The topological polar surface area (TPSA) is 120 Å². The molecule has 1 rings (SSSR count). The van der Waals surface area contributed by atoms with E-state index in [4.69, 9.17) is 16.2 Å². The fourth-order valence-corrected chi connectivity index (χ4v) is 3.82. The van der Waals surface area contributed by atoms with Gasteiger partial charge in [0.1, 0.15) is 12.6 Å². The molecule has 7 nitrogen and oxygen atoms in total. The van der Waals surface area contributed by atoms with Crippen LogP contribution >= 0.6 is 0 Å². The average molecular weight is 525 g/mol. The number of rotatable bonds is 21. The van der Waals surface area contributed by atoms with Crippen LogP contribution in [0.3, 0.4) is 0 Å². The average Bonchev–Trinajstić information content (AvgIpc) is 2.91. The van der Waals surface area contributed by atoms with Crippen molar-refractivity contribution in [2.45, 2.75) is 96.6 Å². The molecule has 1 aromatic rings. The third-order valence-corrected chi connectivity index (χ3v) is 5.96. The van der Waals surface area contributed by atoms with E-state index in [0.29, 0.717) is 19.4 Å². The number of allylic oxidation sites excluding steroid dienone is 5. The molecule has 0 fully saturated rings. The Kier molecular flexibility index (Phi) is 19.6. The quantitative estimate of drug-likeness (QED) is 0.0465. The van der Waals surface area contributed by atoms with Gasteiger partial charge >= 0.3 is 5.97 Å². The maximum Gasteiger partial charge on any atom is 0.328 e. The van der Waals surface area contributed by atoms with Crippen LogP contribution in [0.4, 0.5) is 0 Å². The Morgan fingerprint density at radius 2 is 1.55 bits per heavy atom. The van der Waals surface area contributed by atoms with Gasteiger partial charge in [0.05, 0.1) is 0 Å². The zero-order valence-electron chi connectivity index (χ0n) is 23.2. The number of esters is 1. The van der Waals surface area contributed by atoms with Crippen molar-refractivity contribution in [3.05, 3.63) is 72.4 Å². The van der Waals surface area contributed by atoms with Crippen LogP contribution in [0.1, 0.15) is 89.5 Å². The summed E-state index contributed by atoms with van der Waals surface area (Å²) >= 11 is 0. The summed E-state index contributed by atoms with van der Waals surface area (Å²) in [6.45, 7) is 2.76. The van der Waals surface area contributed by atoms with Crippen LogP contribution < -0.4 is 16.8 Å². The monoisotopic (exact) mass is 524 g/mol. The molecule has 210 valence electrons. The van der Waals surface area contributed by atoms with Crippen LogP contribution in [0, 0.1) is 0 Å². The Morgan fingerprint density at radius 3 is 2.24 bits per heavy atom. The summed E-state index contributed by atoms with van der Waals surface area (Å²) in [7, 11) is 0. The molecule has 1 amide bonds. The van der Waals surface area contributed by atoms with E-state index >= 15 is 0 Å². The van der Waals surface area contributed by atoms with E-state index in [1.165, 1.54) is 63.9 Å². The number of hydrogen-bond acceptors (Lipinski definition) is 4. The molecule has 0 radical (unpaired) electrons. The lowest BCUT2D eigenvalue weighted by Gasteiger charge is -2.16. The van der Waals surface area contributed by atoms with Gasteiger partial charge < -0.3 is 21.5 Å². The minimum atomic E-state index is -0.787. The summed E-state index contributed by atoms with van der Waals surface area (Å²) in [6, 6.07) is 8.61. The zero-order valence-corrected chi connectivity index (χ0v) is 23.2. The Bertz CT molecular complexity index is 874. The largest absolute Gasteiger partial charge is 0.459 e. The second-order valence-corrected chi connectivity index (χ2v) is 9.39. The van der Waals surface area contributed by atoms with Crippen LogP contribution in [-0.2, 0) is 20.9 Å². The van der Waals surface area contributed by atoms with Gasteiger partial charge in [-0.2, -0.15) is 0 Å².